The smallest absolute Gasteiger partial charge is 0.269 e. The molecule has 2 heterocycles. The van der Waals surface area contributed by atoms with Gasteiger partial charge in [-0.3, -0.25) is 4.79 Å². The van der Waals surface area contributed by atoms with E-state index in [1.807, 2.05) is 0 Å². The lowest BCUT2D eigenvalue weighted by molar-refractivity contribution is 0.0941. The fraction of sp³-hybridized carbons (Fsp3) is 0.571. The molecule has 0 bridgehead atoms. The molecule has 1 aliphatic carbocycles. The molecule has 1 fully saturated rings. The van der Waals surface area contributed by atoms with E-state index in [1.54, 1.807) is 30.5 Å². The van der Waals surface area contributed by atoms with Crippen molar-refractivity contribution in [3.05, 3.63) is 30.4 Å². The van der Waals surface area contributed by atoms with Crippen LogP contribution in [0.3, 0.4) is 0 Å². The first-order valence-electron chi connectivity index (χ1n) is 7.38. The number of imidazole rings is 1. The molecule has 2 aromatic heterocycles. The number of carbonyl (C=O) groups is 1. The van der Waals surface area contributed by atoms with E-state index in [9.17, 15) is 4.79 Å². The molecule has 0 saturated heterocycles. The van der Waals surface area contributed by atoms with Crippen LogP contribution in [0.5, 0.6) is 0 Å². The number of amides is 1. The van der Waals surface area contributed by atoms with E-state index in [2.05, 4.69) is 25.1 Å². The van der Waals surface area contributed by atoms with Gasteiger partial charge >= 0.3 is 0 Å². The lowest BCUT2D eigenvalue weighted by Gasteiger charge is -2.24. The minimum Gasteiger partial charge on any atom is -0.343 e. The topological polar surface area (TPSA) is 77.6 Å². The van der Waals surface area contributed by atoms with Crippen LogP contribution in [0, 0.1) is 0 Å². The molecule has 3 rings (SSSR count). The van der Waals surface area contributed by atoms with Crippen molar-refractivity contribution in [2.24, 2.45) is 7.05 Å². The number of hydrogen-bond donors (Lipinski definition) is 1. The van der Waals surface area contributed by atoms with Crippen LogP contribution in [-0.2, 0) is 13.6 Å². The Hall–Kier alpha value is -2.18. The number of aryl methyl sites for hydroxylation is 1. The molecule has 0 spiro atoms. The molecule has 112 valence electrons. The standard InChI is InChI=1S/C14H20N6O/c1-19-9-15-7-12(19)14(21)16-8-13-18-17-10-20(13)11-5-3-2-4-6-11/h7,9-11H,2-6,8H2,1H3,(H,16,21). The SMILES string of the molecule is Cn1cncc1C(=O)NCc1nncn1C1CCCCC1. The lowest BCUT2D eigenvalue weighted by atomic mass is 9.95. The molecule has 0 atom stereocenters. The zero-order chi connectivity index (χ0) is 14.7. The summed E-state index contributed by atoms with van der Waals surface area (Å²) in [4.78, 5) is 16.0. The van der Waals surface area contributed by atoms with Crippen LogP contribution < -0.4 is 5.32 Å². The quantitative estimate of drug-likeness (QED) is 0.923. The summed E-state index contributed by atoms with van der Waals surface area (Å²) in [6.45, 7) is 0.389. The maximum atomic E-state index is 12.1. The van der Waals surface area contributed by atoms with E-state index in [0.29, 0.717) is 18.3 Å². The summed E-state index contributed by atoms with van der Waals surface area (Å²) in [5.41, 5.74) is 0.540. The maximum Gasteiger partial charge on any atom is 0.269 e. The van der Waals surface area contributed by atoms with Crippen LogP contribution in [0.2, 0.25) is 0 Å². The highest BCUT2D eigenvalue weighted by Crippen LogP contribution is 2.28. The second-order valence-electron chi connectivity index (χ2n) is 5.52. The maximum absolute atomic E-state index is 12.1. The van der Waals surface area contributed by atoms with Gasteiger partial charge in [0.15, 0.2) is 5.82 Å². The Bertz CT molecular complexity index is 611. The van der Waals surface area contributed by atoms with Gasteiger partial charge in [-0.1, -0.05) is 19.3 Å². The van der Waals surface area contributed by atoms with Crippen molar-refractivity contribution in [3.63, 3.8) is 0 Å². The van der Waals surface area contributed by atoms with Crippen molar-refractivity contribution in [1.29, 1.82) is 0 Å². The van der Waals surface area contributed by atoms with Gasteiger partial charge in [-0.15, -0.1) is 10.2 Å². The number of nitrogens with zero attached hydrogens (tertiary/aromatic N) is 5. The van der Waals surface area contributed by atoms with Gasteiger partial charge < -0.3 is 14.5 Å². The molecule has 7 nitrogen and oxygen atoms in total. The molecule has 1 amide bonds. The third kappa shape index (κ3) is 2.96. The van der Waals surface area contributed by atoms with Gasteiger partial charge in [-0.2, -0.15) is 0 Å². The molecule has 2 aromatic rings. The van der Waals surface area contributed by atoms with E-state index in [4.69, 9.17) is 0 Å². The summed E-state index contributed by atoms with van der Waals surface area (Å²) in [7, 11) is 1.80. The fourth-order valence-electron chi connectivity index (χ4n) is 2.88. The monoisotopic (exact) mass is 288 g/mol. The van der Waals surface area contributed by atoms with Crippen LogP contribution in [0.25, 0.3) is 0 Å². The second kappa shape index (κ2) is 6.07. The van der Waals surface area contributed by atoms with Crippen LogP contribution in [0.1, 0.15) is 54.5 Å². The Morgan fingerprint density at radius 1 is 1.33 bits per heavy atom. The third-order valence-electron chi connectivity index (χ3n) is 4.07. The van der Waals surface area contributed by atoms with Gasteiger partial charge in [0.25, 0.3) is 5.91 Å². The first-order valence-corrected chi connectivity index (χ1v) is 7.38. The Morgan fingerprint density at radius 3 is 2.86 bits per heavy atom. The van der Waals surface area contributed by atoms with Gasteiger partial charge in [-0.05, 0) is 12.8 Å². The molecule has 0 unspecified atom stereocenters. The largest absolute Gasteiger partial charge is 0.343 e. The molecule has 1 N–H and O–H groups in total. The molecular weight excluding hydrogens is 268 g/mol. The van der Waals surface area contributed by atoms with E-state index < -0.39 is 0 Å². The lowest BCUT2D eigenvalue weighted by Crippen LogP contribution is -2.27. The fourth-order valence-corrected chi connectivity index (χ4v) is 2.88. The van der Waals surface area contributed by atoms with Crippen LogP contribution in [-0.4, -0.2) is 30.2 Å². The average Bonchev–Trinajstić information content (AvgIpc) is 3.14. The second-order valence-corrected chi connectivity index (χ2v) is 5.52. The van der Waals surface area contributed by atoms with Gasteiger partial charge in [-0.25, -0.2) is 4.98 Å². The van der Waals surface area contributed by atoms with Crippen molar-refractivity contribution >= 4 is 5.91 Å². The van der Waals surface area contributed by atoms with E-state index in [0.717, 1.165) is 5.82 Å². The molecule has 1 saturated carbocycles. The Balaban J connectivity index is 1.64. The highest BCUT2D eigenvalue weighted by atomic mass is 16.1. The van der Waals surface area contributed by atoms with Crippen molar-refractivity contribution < 1.29 is 4.79 Å². The molecule has 0 aromatic carbocycles. The first kappa shape index (κ1) is 13.8. The number of nitrogens with one attached hydrogen (secondary N) is 1. The van der Waals surface area contributed by atoms with Crippen molar-refractivity contribution in [2.75, 3.05) is 0 Å². The first-order chi connectivity index (χ1) is 10.3. The van der Waals surface area contributed by atoms with Crippen LogP contribution in [0.15, 0.2) is 18.9 Å². The van der Waals surface area contributed by atoms with Crippen molar-refractivity contribution in [3.8, 4) is 0 Å². The minimum absolute atomic E-state index is 0.145. The molecular formula is C14H20N6O. The molecule has 7 heteroatoms. The summed E-state index contributed by atoms with van der Waals surface area (Å²) in [5.74, 6) is 0.672. The average molecular weight is 288 g/mol. The zero-order valence-electron chi connectivity index (χ0n) is 12.2. The van der Waals surface area contributed by atoms with E-state index in [1.165, 1.54) is 32.1 Å². The highest BCUT2D eigenvalue weighted by molar-refractivity contribution is 5.92. The minimum atomic E-state index is -0.145. The third-order valence-corrected chi connectivity index (χ3v) is 4.07. The zero-order valence-corrected chi connectivity index (χ0v) is 12.2. The van der Waals surface area contributed by atoms with Gasteiger partial charge in [0.1, 0.15) is 12.0 Å². The number of rotatable bonds is 4. The summed E-state index contributed by atoms with van der Waals surface area (Å²) < 4.78 is 3.81. The summed E-state index contributed by atoms with van der Waals surface area (Å²) in [5, 5.41) is 11.0. The normalized spacial score (nSPS) is 16.0. The van der Waals surface area contributed by atoms with Crippen molar-refractivity contribution in [1.82, 2.24) is 29.6 Å². The molecule has 0 aliphatic heterocycles. The molecule has 21 heavy (non-hydrogen) atoms. The van der Waals surface area contributed by atoms with E-state index in [-0.39, 0.29) is 5.91 Å². The Labute approximate surface area is 123 Å². The van der Waals surface area contributed by atoms with Gasteiger partial charge in [0.2, 0.25) is 0 Å². The predicted octanol–water partition coefficient (Wildman–Crippen LogP) is 1.45. The van der Waals surface area contributed by atoms with Crippen LogP contribution in [0.4, 0.5) is 0 Å². The highest BCUT2D eigenvalue weighted by Gasteiger charge is 2.19. The Kier molecular flexibility index (Phi) is 3.98. The van der Waals surface area contributed by atoms with E-state index >= 15 is 0 Å². The Morgan fingerprint density at radius 2 is 2.14 bits per heavy atom. The number of carbonyl (C=O) groups excluding carboxylic acids is 1. The van der Waals surface area contributed by atoms with Gasteiger partial charge in [0, 0.05) is 13.1 Å². The summed E-state index contributed by atoms with van der Waals surface area (Å²) >= 11 is 0. The molecule has 1 aliphatic rings. The summed E-state index contributed by atoms with van der Waals surface area (Å²) in [6.07, 6.45) is 11.1. The summed E-state index contributed by atoms with van der Waals surface area (Å²) in [6, 6.07) is 0.470. The van der Waals surface area contributed by atoms with Gasteiger partial charge in [0.05, 0.1) is 19.1 Å². The predicted molar refractivity (Wildman–Crippen MR) is 76.5 cm³/mol. The van der Waals surface area contributed by atoms with Crippen molar-refractivity contribution in [2.45, 2.75) is 44.7 Å². The number of hydrogen-bond acceptors (Lipinski definition) is 4. The number of aromatic nitrogens is 5. The molecule has 0 radical (unpaired) electrons. The van der Waals surface area contributed by atoms with Crippen LogP contribution >= 0.6 is 0 Å².